The van der Waals surface area contributed by atoms with Crippen LogP contribution in [-0.2, 0) is 0 Å². The molecule has 0 spiro atoms. The minimum absolute atomic E-state index is 0.0207. The molecule has 1 heterocycles. The Morgan fingerprint density at radius 2 is 1.75 bits per heavy atom. The van der Waals surface area contributed by atoms with Crippen LogP contribution >= 0.6 is 11.6 Å². The quantitative estimate of drug-likeness (QED) is 0.707. The van der Waals surface area contributed by atoms with Crippen LogP contribution in [0.3, 0.4) is 0 Å². The van der Waals surface area contributed by atoms with Gasteiger partial charge in [0.15, 0.2) is 0 Å². The first-order chi connectivity index (χ1) is 7.58. The summed E-state index contributed by atoms with van der Waals surface area (Å²) in [5.41, 5.74) is 1.40. The Kier molecular flexibility index (Phi) is 3.56. The van der Waals surface area contributed by atoms with Gasteiger partial charge in [-0.05, 0) is 32.3 Å². The molecule has 1 nitrogen and oxygen atoms in total. The Bertz CT molecular complexity index is 324. The van der Waals surface area contributed by atoms with Gasteiger partial charge >= 0.3 is 0 Å². The van der Waals surface area contributed by atoms with E-state index in [1.165, 1.54) is 5.56 Å². The molecule has 0 saturated carbocycles. The molecule has 1 unspecified atom stereocenters. The lowest BCUT2D eigenvalue weighted by atomic mass is 9.95. The monoisotopic (exact) mass is 237 g/mol. The normalized spacial score (nSPS) is 22.9. The van der Waals surface area contributed by atoms with Crippen molar-refractivity contribution in [3.63, 3.8) is 0 Å². The lowest BCUT2D eigenvalue weighted by Crippen LogP contribution is -2.40. The van der Waals surface area contributed by atoms with Crippen molar-refractivity contribution in [2.75, 3.05) is 13.1 Å². The lowest BCUT2D eigenvalue weighted by molar-refractivity contribution is 0.156. The predicted molar refractivity (Wildman–Crippen MR) is 69.9 cm³/mol. The van der Waals surface area contributed by atoms with Crippen molar-refractivity contribution < 1.29 is 0 Å². The molecule has 0 aliphatic carbocycles. The molecule has 1 aromatic rings. The van der Waals surface area contributed by atoms with Crippen molar-refractivity contribution >= 4 is 11.6 Å². The van der Waals surface area contributed by atoms with Crippen molar-refractivity contribution in [3.8, 4) is 0 Å². The summed E-state index contributed by atoms with van der Waals surface area (Å²) in [5.74, 6) is 0. The summed E-state index contributed by atoms with van der Waals surface area (Å²) < 4.78 is 0. The summed E-state index contributed by atoms with van der Waals surface area (Å²) in [7, 11) is 0. The molecule has 1 aromatic carbocycles. The van der Waals surface area contributed by atoms with Gasteiger partial charge in [-0.1, -0.05) is 30.3 Å². The number of likely N-dealkylation sites (tertiary alicyclic amines) is 1. The van der Waals surface area contributed by atoms with Crippen LogP contribution in [0, 0.1) is 0 Å². The second-order valence-electron chi connectivity index (χ2n) is 5.04. The number of benzene rings is 1. The van der Waals surface area contributed by atoms with Gasteiger partial charge in [-0.15, -0.1) is 11.6 Å². The summed E-state index contributed by atoms with van der Waals surface area (Å²) in [6.07, 6.45) is 2.18. The van der Waals surface area contributed by atoms with Crippen LogP contribution in [0.4, 0.5) is 0 Å². The Morgan fingerprint density at radius 3 is 2.31 bits per heavy atom. The SMILES string of the molecule is CC(c1ccccc1)N1CCC(C)(Cl)CC1. The first kappa shape index (κ1) is 11.9. The molecule has 0 aromatic heterocycles. The van der Waals surface area contributed by atoms with Crippen molar-refractivity contribution in [1.29, 1.82) is 0 Å². The van der Waals surface area contributed by atoms with Crippen LogP contribution in [0.2, 0.25) is 0 Å². The lowest BCUT2D eigenvalue weighted by Gasteiger charge is -2.38. The maximum absolute atomic E-state index is 6.36. The number of nitrogens with zero attached hydrogens (tertiary/aromatic N) is 1. The van der Waals surface area contributed by atoms with Crippen LogP contribution in [0.15, 0.2) is 30.3 Å². The molecule has 2 rings (SSSR count). The molecule has 16 heavy (non-hydrogen) atoms. The third-order valence-corrected chi connectivity index (χ3v) is 4.05. The fraction of sp³-hybridized carbons (Fsp3) is 0.571. The van der Waals surface area contributed by atoms with E-state index < -0.39 is 0 Å². The van der Waals surface area contributed by atoms with Gasteiger partial charge in [-0.2, -0.15) is 0 Å². The van der Waals surface area contributed by atoms with E-state index in [1.807, 2.05) is 0 Å². The molecule has 1 aliphatic rings. The molecule has 1 fully saturated rings. The molecule has 88 valence electrons. The Balaban J connectivity index is 2.00. The van der Waals surface area contributed by atoms with E-state index in [1.54, 1.807) is 0 Å². The molecule has 1 saturated heterocycles. The summed E-state index contributed by atoms with van der Waals surface area (Å²) in [4.78, 5) is 2.55. The Labute approximate surface area is 103 Å². The van der Waals surface area contributed by atoms with E-state index >= 15 is 0 Å². The minimum Gasteiger partial charge on any atom is -0.296 e. The van der Waals surface area contributed by atoms with E-state index in [0.29, 0.717) is 6.04 Å². The number of halogens is 1. The molecular weight excluding hydrogens is 218 g/mol. The standard InChI is InChI=1S/C14H20ClN/c1-12(13-6-4-3-5-7-13)16-10-8-14(2,15)9-11-16/h3-7,12H,8-11H2,1-2H3. The van der Waals surface area contributed by atoms with Crippen LogP contribution in [0.25, 0.3) is 0 Å². The van der Waals surface area contributed by atoms with Gasteiger partial charge < -0.3 is 0 Å². The van der Waals surface area contributed by atoms with Crippen molar-refractivity contribution in [1.82, 2.24) is 4.90 Å². The molecule has 0 N–H and O–H groups in total. The predicted octanol–water partition coefficient (Wildman–Crippen LogP) is 3.84. The highest BCUT2D eigenvalue weighted by Crippen LogP contribution is 2.32. The van der Waals surface area contributed by atoms with Crippen molar-refractivity contribution in [2.45, 2.75) is 37.6 Å². The highest BCUT2D eigenvalue weighted by atomic mass is 35.5. The number of hydrogen-bond acceptors (Lipinski definition) is 1. The molecule has 1 aliphatic heterocycles. The number of hydrogen-bond donors (Lipinski definition) is 0. The summed E-state index contributed by atoms with van der Waals surface area (Å²) in [6, 6.07) is 11.2. The van der Waals surface area contributed by atoms with Crippen LogP contribution in [0.1, 0.15) is 38.3 Å². The van der Waals surface area contributed by atoms with Crippen molar-refractivity contribution in [2.24, 2.45) is 0 Å². The molecule has 2 heteroatoms. The first-order valence-corrected chi connectivity index (χ1v) is 6.44. The van der Waals surface area contributed by atoms with Gasteiger partial charge in [-0.3, -0.25) is 4.90 Å². The zero-order chi connectivity index (χ0) is 11.6. The number of rotatable bonds is 2. The maximum atomic E-state index is 6.36. The minimum atomic E-state index is 0.0207. The zero-order valence-electron chi connectivity index (χ0n) is 10.1. The number of alkyl halides is 1. The van der Waals surface area contributed by atoms with E-state index in [-0.39, 0.29) is 4.87 Å². The van der Waals surface area contributed by atoms with Crippen molar-refractivity contribution in [3.05, 3.63) is 35.9 Å². The van der Waals surface area contributed by atoms with Crippen LogP contribution in [0.5, 0.6) is 0 Å². The summed E-state index contributed by atoms with van der Waals surface area (Å²) in [6.45, 7) is 6.65. The van der Waals surface area contributed by atoms with Crippen LogP contribution < -0.4 is 0 Å². The second kappa shape index (κ2) is 4.77. The van der Waals surface area contributed by atoms with E-state index in [4.69, 9.17) is 11.6 Å². The highest BCUT2D eigenvalue weighted by molar-refractivity contribution is 6.23. The van der Waals surface area contributed by atoms with Gasteiger partial charge in [0.05, 0.1) is 0 Å². The average molecular weight is 238 g/mol. The fourth-order valence-electron chi connectivity index (χ4n) is 2.32. The van der Waals surface area contributed by atoms with Gasteiger partial charge in [0, 0.05) is 24.0 Å². The van der Waals surface area contributed by atoms with Gasteiger partial charge in [0.2, 0.25) is 0 Å². The molecule has 0 amide bonds. The zero-order valence-corrected chi connectivity index (χ0v) is 10.9. The maximum Gasteiger partial charge on any atom is 0.0443 e. The number of piperidine rings is 1. The summed E-state index contributed by atoms with van der Waals surface area (Å²) in [5, 5.41) is 0. The molecule has 0 bridgehead atoms. The molecule has 1 atom stereocenters. The van der Waals surface area contributed by atoms with Gasteiger partial charge in [0.25, 0.3) is 0 Å². The van der Waals surface area contributed by atoms with Crippen LogP contribution in [-0.4, -0.2) is 22.9 Å². The smallest absolute Gasteiger partial charge is 0.0443 e. The largest absolute Gasteiger partial charge is 0.296 e. The van der Waals surface area contributed by atoms with Gasteiger partial charge in [0.1, 0.15) is 0 Å². The van der Waals surface area contributed by atoms with E-state index in [0.717, 1.165) is 25.9 Å². The average Bonchev–Trinajstić information content (AvgIpc) is 2.29. The van der Waals surface area contributed by atoms with E-state index in [2.05, 4.69) is 49.1 Å². The third-order valence-electron chi connectivity index (χ3n) is 3.67. The Morgan fingerprint density at radius 1 is 1.19 bits per heavy atom. The summed E-state index contributed by atoms with van der Waals surface area (Å²) >= 11 is 6.36. The molecular formula is C14H20ClN. The Hall–Kier alpha value is -0.530. The van der Waals surface area contributed by atoms with Gasteiger partial charge in [-0.25, -0.2) is 0 Å². The van der Waals surface area contributed by atoms with E-state index in [9.17, 15) is 0 Å². The second-order valence-corrected chi connectivity index (χ2v) is 5.95. The molecule has 0 radical (unpaired) electrons. The topological polar surface area (TPSA) is 3.24 Å². The fourth-order valence-corrected chi connectivity index (χ4v) is 2.49. The first-order valence-electron chi connectivity index (χ1n) is 6.06. The third kappa shape index (κ3) is 2.78. The highest BCUT2D eigenvalue weighted by Gasteiger charge is 2.29.